The van der Waals surface area contributed by atoms with Gasteiger partial charge in [-0.25, -0.2) is 4.79 Å². The number of carbonyl (C=O) groups excluding carboxylic acids is 1. The van der Waals surface area contributed by atoms with Crippen LogP contribution in [0, 0.1) is 5.92 Å². The lowest BCUT2D eigenvalue weighted by molar-refractivity contribution is -0.141. The van der Waals surface area contributed by atoms with Gasteiger partial charge in [-0.2, -0.15) is 0 Å². The molecular formula is C18H22N2O3. The van der Waals surface area contributed by atoms with E-state index in [1.54, 1.807) is 14.0 Å². The zero-order chi connectivity index (χ0) is 17.0. The first-order chi connectivity index (χ1) is 10.9. The van der Waals surface area contributed by atoms with Crippen molar-refractivity contribution in [2.24, 2.45) is 5.92 Å². The fourth-order valence-electron chi connectivity index (χ4n) is 2.43. The van der Waals surface area contributed by atoms with Crippen molar-refractivity contribution < 1.29 is 14.7 Å². The lowest BCUT2D eigenvalue weighted by Crippen LogP contribution is -2.41. The summed E-state index contributed by atoms with van der Waals surface area (Å²) in [5.74, 6) is -1.51. The standard InChI is InChI=1S/C18H22N2O3/c1-12(17(21)22)11-20(3)18(23)19-13(2)15-9-8-14-6-4-5-7-16(14)10-15/h4-10,12-13H,11H2,1-3H3,(H,19,23)(H,21,22). The normalized spacial score (nSPS) is 13.3. The Morgan fingerprint density at radius 3 is 2.43 bits per heavy atom. The minimum absolute atomic E-state index is 0.158. The van der Waals surface area contributed by atoms with Crippen LogP contribution in [0.1, 0.15) is 25.5 Å². The Kier molecular flexibility index (Phi) is 5.21. The van der Waals surface area contributed by atoms with Gasteiger partial charge in [0.25, 0.3) is 0 Å². The monoisotopic (exact) mass is 314 g/mol. The Labute approximate surface area is 135 Å². The van der Waals surface area contributed by atoms with Crippen molar-refractivity contribution >= 4 is 22.8 Å². The van der Waals surface area contributed by atoms with Gasteiger partial charge in [-0.15, -0.1) is 0 Å². The number of hydrogen-bond acceptors (Lipinski definition) is 2. The van der Waals surface area contributed by atoms with E-state index in [-0.39, 0.29) is 18.6 Å². The number of benzene rings is 2. The Bertz CT molecular complexity index is 714. The SMILES string of the molecule is CC(CN(C)C(=O)NC(C)c1ccc2ccccc2c1)C(=O)O. The molecule has 2 amide bonds. The molecule has 0 radical (unpaired) electrons. The van der Waals surface area contributed by atoms with Crippen LogP contribution < -0.4 is 5.32 Å². The topological polar surface area (TPSA) is 69.6 Å². The van der Waals surface area contributed by atoms with E-state index in [0.29, 0.717) is 0 Å². The summed E-state index contributed by atoms with van der Waals surface area (Å²) in [4.78, 5) is 24.4. The van der Waals surface area contributed by atoms with E-state index in [1.807, 2.05) is 43.3 Å². The molecule has 0 spiro atoms. The molecule has 2 aromatic carbocycles. The molecule has 0 aliphatic carbocycles. The van der Waals surface area contributed by atoms with Crippen molar-refractivity contribution in [3.63, 3.8) is 0 Å². The maximum Gasteiger partial charge on any atom is 0.317 e. The third kappa shape index (κ3) is 4.22. The third-order valence-corrected chi connectivity index (χ3v) is 3.93. The molecule has 122 valence electrons. The fraction of sp³-hybridized carbons (Fsp3) is 0.333. The maximum atomic E-state index is 12.2. The zero-order valence-electron chi connectivity index (χ0n) is 13.6. The van der Waals surface area contributed by atoms with E-state index >= 15 is 0 Å². The number of carboxylic acids is 1. The van der Waals surface area contributed by atoms with E-state index in [1.165, 1.54) is 4.90 Å². The number of hydrogen-bond donors (Lipinski definition) is 2. The molecule has 2 unspecified atom stereocenters. The summed E-state index contributed by atoms with van der Waals surface area (Å²) in [6.07, 6.45) is 0. The summed E-state index contributed by atoms with van der Waals surface area (Å²) in [6, 6.07) is 13.7. The highest BCUT2D eigenvalue weighted by molar-refractivity contribution is 5.83. The Hall–Kier alpha value is -2.56. The second-order valence-electron chi connectivity index (χ2n) is 5.90. The smallest absolute Gasteiger partial charge is 0.317 e. The number of carboxylic acid groups (broad SMARTS) is 1. The highest BCUT2D eigenvalue weighted by atomic mass is 16.4. The van der Waals surface area contributed by atoms with Crippen molar-refractivity contribution in [1.29, 1.82) is 0 Å². The lowest BCUT2D eigenvalue weighted by atomic mass is 10.0. The summed E-state index contributed by atoms with van der Waals surface area (Å²) in [7, 11) is 1.60. The Morgan fingerprint density at radius 1 is 1.13 bits per heavy atom. The molecule has 0 heterocycles. The van der Waals surface area contributed by atoms with Gasteiger partial charge in [0.2, 0.25) is 0 Å². The van der Waals surface area contributed by atoms with Crippen LogP contribution in [-0.2, 0) is 4.79 Å². The number of aliphatic carboxylic acids is 1. The second kappa shape index (κ2) is 7.13. The molecule has 2 rings (SSSR count). The van der Waals surface area contributed by atoms with E-state index < -0.39 is 11.9 Å². The Balaban J connectivity index is 2.03. The van der Waals surface area contributed by atoms with Crippen molar-refractivity contribution in [2.75, 3.05) is 13.6 Å². The minimum Gasteiger partial charge on any atom is -0.481 e. The van der Waals surface area contributed by atoms with E-state index in [4.69, 9.17) is 5.11 Å². The summed E-state index contributed by atoms with van der Waals surface area (Å²) in [5, 5.41) is 14.1. The number of fused-ring (bicyclic) bond motifs is 1. The molecule has 0 bridgehead atoms. The third-order valence-electron chi connectivity index (χ3n) is 3.93. The van der Waals surface area contributed by atoms with Gasteiger partial charge in [0.15, 0.2) is 0 Å². The average molecular weight is 314 g/mol. The van der Waals surface area contributed by atoms with Crippen LogP contribution in [0.3, 0.4) is 0 Å². The number of urea groups is 1. The second-order valence-corrected chi connectivity index (χ2v) is 5.90. The van der Waals surface area contributed by atoms with Gasteiger partial charge in [0, 0.05) is 13.6 Å². The molecule has 2 atom stereocenters. The molecular weight excluding hydrogens is 292 g/mol. The summed E-state index contributed by atoms with van der Waals surface area (Å²) < 4.78 is 0. The lowest BCUT2D eigenvalue weighted by Gasteiger charge is -2.23. The number of amides is 2. The molecule has 0 aromatic heterocycles. The van der Waals surface area contributed by atoms with Gasteiger partial charge in [0.05, 0.1) is 12.0 Å². The van der Waals surface area contributed by atoms with Crippen molar-refractivity contribution in [1.82, 2.24) is 10.2 Å². The van der Waals surface area contributed by atoms with E-state index in [2.05, 4.69) is 11.4 Å². The zero-order valence-corrected chi connectivity index (χ0v) is 13.6. The molecule has 0 aliphatic heterocycles. The number of nitrogens with one attached hydrogen (secondary N) is 1. The van der Waals surface area contributed by atoms with Gasteiger partial charge >= 0.3 is 12.0 Å². The van der Waals surface area contributed by atoms with E-state index in [9.17, 15) is 9.59 Å². The fourth-order valence-corrected chi connectivity index (χ4v) is 2.43. The molecule has 0 aliphatic rings. The van der Waals surface area contributed by atoms with Gasteiger partial charge in [-0.1, -0.05) is 43.3 Å². The molecule has 2 N–H and O–H groups in total. The number of nitrogens with zero attached hydrogens (tertiary/aromatic N) is 1. The number of carbonyl (C=O) groups is 2. The molecule has 2 aromatic rings. The van der Waals surface area contributed by atoms with E-state index in [0.717, 1.165) is 16.3 Å². The van der Waals surface area contributed by atoms with Crippen molar-refractivity contribution in [2.45, 2.75) is 19.9 Å². The summed E-state index contributed by atoms with van der Waals surface area (Å²) in [6.45, 7) is 3.67. The molecule has 5 heteroatoms. The average Bonchev–Trinajstić information content (AvgIpc) is 2.53. The number of rotatable bonds is 5. The van der Waals surface area contributed by atoms with Gasteiger partial charge in [-0.05, 0) is 29.3 Å². The van der Waals surface area contributed by atoms with Crippen molar-refractivity contribution in [3.8, 4) is 0 Å². The van der Waals surface area contributed by atoms with Crippen LogP contribution >= 0.6 is 0 Å². The highest BCUT2D eigenvalue weighted by Gasteiger charge is 2.19. The van der Waals surface area contributed by atoms with Crippen LogP contribution in [0.4, 0.5) is 4.79 Å². The van der Waals surface area contributed by atoms with Crippen LogP contribution in [-0.4, -0.2) is 35.6 Å². The predicted molar refractivity (Wildman–Crippen MR) is 90.3 cm³/mol. The van der Waals surface area contributed by atoms with Gasteiger partial charge in [-0.3, -0.25) is 4.79 Å². The first-order valence-electron chi connectivity index (χ1n) is 7.61. The maximum absolute atomic E-state index is 12.2. The molecule has 0 fully saturated rings. The van der Waals surface area contributed by atoms with Crippen LogP contribution in [0.5, 0.6) is 0 Å². The largest absolute Gasteiger partial charge is 0.481 e. The summed E-state index contributed by atoms with van der Waals surface area (Å²) >= 11 is 0. The highest BCUT2D eigenvalue weighted by Crippen LogP contribution is 2.20. The molecule has 0 saturated heterocycles. The first kappa shape index (κ1) is 16.8. The van der Waals surface area contributed by atoms with Gasteiger partial charge < -0.3 is 15.3 Å². The quantitative estimate of drug-likeness (QED) is 0.890. The molecule has 23 heavy (non-hydrogen) atoms. The minimum atomic E-state index is -0.910. The first-order valence-corrected chi connectivity index (χ1v) is 7.61. The summed E-state index contributed by atoms with van der Waals surface area (Å²) in [5.41, 5.74) is 1.01. The predicted octanol–water partition coefficient (Wildman–Crippen LogP) is 3.26. The van der Waals surface area contributed by atoms with Crippen LogP contribution in [0.2, 0.25) is 0 Å². The van der Waals surface area contributed by atoms with Gasteiger partial charge in [0.1, 0.15) is 0 Å². The molecule has 5 nitrogen and oxygen atoms in total. The van der Waals surface area contributed by atoms with Crippen molar-refractivity contribution in [3.05, 3.63) is 48.0 Å². The van der Waals surface area contributed by atoms with Crippen LogP contribution in [0.25, 0.3) is 10.8 Å². The molecule has 0 saturated carbocycles. The Morgan fingerprint density at radius 2 is 1.78 bits per heavy atom. The van der Waals surface area contributed by atoms with Crippen LogP contribution in [0.15, 0.2) is 42.5 Å².